The zero-order valence-electron chi connectivity index (χ0n) is 11.1. The third-order valence-electron chi connectivity index (χ3n) is 2.63. The summed E-state index contributed by atoms with van der Waals surface area (Å²) in [4.78, 5) is 22.6. The quantitative estimate of drug-likeness (QED) is 0.745. The lowest BCUT2D eigenvalue weighted by atomic mass is 9.93. The minimum atomic E-state index is -1.45. The summed E-state index contributed by atoms with van der Waals surface area (Å²) in [5, 5.41) is 11.8. The highest BCUT2D eigenvalue weighted by atomic mass is 16.7. The van der Waals surface area contributed by atoms with Crippen molar-refractivity contribution in [2.45, 2.75) is 45.3 Å². The maximum Gasteiger partial charge on any atom is 0.506 e. The molecule has 1 aliphatic heterocycles. The first-order valence-corrected chi connectivity index (χ1v) is 6.13. The smallest absolute Gasteiger partial charge is 0.457 e. The van der Waals surface area contributed by atoms with E-state index in [2.05, 4.69) is 5.32 Å². The molecule has 1 rings (SSSR count). The second kappa shape index (κ2) is 6.04. The number of esters is 1. The van der Waals surface area contributed by atoms with Crippen LogP contribution in [0.2, 0.25) is 0 Å². The first-order valence-electron chi connectivity index (χ1n) is 6.13. The summed E-state index contributed by atoms with van der Waals surface area (Å²) in [6.07, 6.45) is -0.845. The highest BCUT2D eigenvalue weighted by Gasteiger charge is 2.36. The summed E-state index contributed by atoms with van der Waals surface area (Å²) in [6, 6.07) is 0. The molecule has 1 saturated heterocycles. The summed E-state index contributed by atoms with van der Waals surface area (Å²) < 4.78 is 9.90. The molecule has 0 spiro atoms. The molecule has 1 heterocycles. The number of hydrogen-bond donors (Lipinski definition) is 2. The van der Waals surface area contributed by atoms with Gasteiger partial charge in [0.2, 0.25) is 6.10 Å². The van der Waals surface area contributed by atoms with Crippen LogP contribution in [0.15, 0.2) is 0 Å². The van der Waals surface area contributed by atoms with Gasteiger partial charge >= 0.3 is 12.1 Å². The van der Waals surface area contributed by atoms with Crippen LogP contribution >= 0.6 is 0 Å². The lowest BCUT2D eigenvalue weighted by Crippen LogP contribution is -2.45. The topological polar surface area (TPSA) is 84.9 Å². The zero-order chi connectivity index (χ0) is 13.8. The average Bonchev–Trinajstić information content (AvgIpc) is 2.24. The van der Waals surface area contributed by atoms with E-state index < -0.39 is 23.8 Å². The predicted octanol–water partition coefficient (Wildman–Crippen LogP) is 1.39. The van der Waals surface area contributed by atoms with E-state index in [-0.39, 0.29) is 5.92 Å². The Balaban J connectivity index is 2.70. The molecule has 0 aromatic carbocycles. The van der Waals surface area contributed by atoms with E-state index in [1.54, 1.807) is 20.8 Å². The van der Waals surface area contributed by atoms with Crippen LogP contribution in [0.1, 0.15) is 33.6 Å². The summed E-state index contributed by atoms with van der Waals surface area (Å²) in [5.74, 6) is -0.775. The molecule has 0 aromatic rings. The highest BCUT2D eigenvalue weighted by Crippen LogP contribution is 2.21. The molecule has 6 nitrogen and oxygen atoms in total. The van der Waals surface area contributed by atoms with Crippen LogP contribution in [-0.4, -0.2) is 42.0 Å². The molecule has 18 heavy (non-hydrogen) atoms. The Labute approximate surface area is 107 Å². The van der Waals surface area contributed by atoms with Crippen molar-refractivity contribution < 1.29 is 24.2 Å². The van der Waals surface area contributed by atoms with Gasteiger partial charge in [0.15, 0.2) is 0 Å². The normalized spacial score (nSPS) is 22.1. The summed E-state index contributed by atoms with van der Waals surface area (Å²) >= 11 is 0. The number of carboxylic acid groups (broad SMARTS) is 1. The molecule has 2 atom stereocenters. The Bertz CT molecular complexity index is 304. The van der Waals surface area contributed by atoms with Crippen molar-refractivity contribution in [1.29, 1.82) is 0 Å². The van der Waals surface area contributed by atoms with Gasteiger partial charge in [-0.1, -0.05) is 0 Å². The molecule has 2 N–H and O–H groups in total. The van der Waals surface area contributed by atoms with Crippen LogP contribution in [0.4, 0.5) is 4.79 Å². The molecule has 104 valence electrons. The second-order valence-electron chi connectivity index (χ2n) is 5.44. The summed E-state index contributed by atoms with van der Waals surface area (Å²) in [7, 11) is 0. The Morgan fingerprint density at radius 1 is 1.39 bits per heavy atom. The Morgan fingerprint density at radius 2 is 2.06 bits per heavy atom. The van der Waals surface area contributed by atoms with Crippen molar-refractivity contribution in [3.8, 4) is 0 Å². The lowest BCUT2D eigenvalue weighted by molar-refractivity contribution is -0.169. The molecule has 0 bridgehead atoms. The maximum absolute atomic E-state index is 12.0. The van der Waals surface area contributed by atoms with Crippen molar-refractivity contribution >= 4 is 12.1 Å². The summed E-state index contributed by atoms with van der Waals surface area (Å²) in [5.41, 5.74) is -0.653. The standard InChI is InChI=1S/C12H21NO5/c1-12(2,3)18-10(14)9(17-11(15)16)8-5-4-6-13-7-8/h8-9,13H,4-7H2,1-3H3,(H,15,16). The zero-order valence-corrected chi connectivity index (χ0v) is 11.1. The molecule has 0 aliphatic carbocycles. The molecule has 2 unspecified atom stereocenters. The third kappa shape index (κ3) is 4.91. The van der Waals surface area contributed by atoms with Crippen LogP contribution in [0.25, 0.3) is 0 Å². The van der Waals surface area contributed by atoms with Crippen molar-refractivity contribution in [3.05, 3.63) is 0 Å². The first-order chi connectivity index (χ1) is 8.29. The average molecular weight is 259 g/mol. The SMILES string of the molecule is CC(C)(C)OC(=O)C(OC(=O)O)C1CCCNC1. The van der Waals surface area contributed by atoms with Crippen molar-refractivity contribution in [2.75, 3.05) is 13.1 Å². The van der Waals surface area contributed by atoms with E-state index in [9.17, 15) is 9.59 Å². The van der Waals surface area contributed by atoms with Crippen LogP contribution in [0.3, 0.4) is 0 Å². The van der Waals surface area contributed by atoms with E-state index in [0.717, 1.165) is 19.4 Å². The van der Waals surface area contributed by atoms with E-state index in [4.69, 9.17) is 14.6 Å². The number of rotatable bonds is 3. The van der Waals surface area contributed by atoms with Crippen molar-refractivity contribution in [1.82, 2.24) is 5.32 Å². The van der Waals surface area contributed by atoms with Gasteiger partial charge in [-0.3, -0.25) is 0 Å². The van der Waals surface area contributed by atoms with Crippen LogP contribution in [0, 0.1) is 5.92 Å². The predicted molar refractivity (Wildman–Crippen MR) is 64.3 cm³/mol. The van der Waals surface area contributed by atoms with Crippen LogP contribution < -0.4 is 5.32 Å². The van der Waals surface area contributed by atoms with Crippen LogP contribution in [-0.2, 0) is 14.3 Å². The van der Waals surface area contributed by atoms with Gasteiger partial charge in [0.05, 0.1) is 0 Å². The van der Waals surface area contributed by atoms with Crippen molar-refractivity contribution in [2.24, 2.45) is 5.92 Å². The third-order valence-corrected chi connectivity index (χ3v) is 2.63. The number of carbonyl (C=O) groups is 2. The van der Waals surface area contributed by atoms with Crippen molar-refractivity contribution in [3.63, 3.8) is 0 Å². The molecule has 1 fully saturated rings. The van der Waals surface area contributed by atoms with Gasteiger partial charge in [0.1, 0.15) is 5.60 Å². The Kier molecular flexibility index (Phi) is 4.95. The Hall–Kier alpha value is -1.30. The van der Waals surface area contributed by atoms with E-state index >= 15 is 0 Å². The number of piperidine rings is 1. The highest BCUT2D eigenvalue weighted by molar-refractivity contribution is 5.78. The number of hydrogen-bond acceptors (Lipinski definition) is 5. The second-order valence-corrected chi connectivity index (χ2v) is 5.44. The van der Waals surface area contributed by atoms with E-state index in [1.807, 2.05) is 0 Å². The molecule has 0 saturated carbocycles. The van der Waals surface area contributed by atoms with Gasteiger partial charge in [-0.25, -0.2) is 9.59 Å². The van der Waals surface area contributed by atoms with Gasteiger partial charge < -0.3 is 19.9 Å². The van der Waals surface area contributed by atoms with Gasteiger partial charge in [0.25, 0.3) is 0 Å². The fourth-order valence-corrected chi connectivity index (χ4v) is 1.94. The molecule has 0 aromatic heterocycles. The first kappa shape index (κ1) is 14.8. The molecule has 0 amide bonds. The van der Waals surface area contributed by atoms with E-state index in [0.29, 0.717) is 6.54 Å². The van der Waals surface area contributed by atoms with Crippen LogP contribution in [0.5, 0.6) is 0 Å². The maximum atomic E-state index is 12.0. The van der Waals surface area contributed by atoms with Gasteiger partial charge in [0, 0.05) is 12.5 Å². The number of nitrogens with one attached hydrogen (secondary N) is 1. The van der Waals surface area contributed by atoms with Gasteiger partial charge in [-0.15, -0.1) is 0 Å². The molecular weight excluding hydrogens is 238 g/mol. The lowest BCUT2D eigenvalue weighted by Gasteiger charge is -2.30. The minimum Gasteiger partial charge on any atom is -0.457 e. The minimum absolute atomic E-state index is 0.162. The fourth-order valence-electron chi connectivity index (χ4n) is 1.94. The molecular formula is C12H21NO5. The fraction of sp³-hybridized carbons (Fsp3) is 0.833. The number of carbonyl (C=O) groups excluding carboxylic acids is 1. The Morgan fingerprint density at radius 3 is 2.50 bits per heavy atom. The number of ether oxygens (including phenoxy) is 2. The van der Waals surface area contributed by atoms with Gasteiger partial charge in [-0.05, 0) is 40.2 Å². The molecule has 0 radical (unpaired) electrons. The van der Waals surface area contributed by atoms with E-state index in [1.165, 1.54) is 0 Å². The molecule has 1 aliphatic rings. The largest absolute Gasteiger partial charge is 0.506 e. The monoisotopic (exact) mass is 259 g/mol. The molecule has 6 heteroatoms. The summed E-state index contributed by atoms with van der Waals surface area (Å²) in [6.45, 7) is 6.66. The van der Waals surface area contributed by atoms with Gasteiger partial charge in [-0.2, -0.15) is 0 Å².